The van der Waals surface area contributed by atoms with Gasteiger partial charge in [-0.15, -0.1) is 0 Å². The van der Waals surface area contributed by atoms with Gasteiger partial charge in [0.25, 0.3) is 5.91 Å². The minimum atomic E-state index is -4.82. The average molecular weight is 419 g/mol. The van der Waals surface area contributed by atoms with Crippen LogP contribution in [0.25, 0.3) is 0 Å². The molecule has 1 amide bonds. The normalized spacial score (nSPS) is 13.2. The smallest absolute Gasteiger partial charge is 0.417 e. The molecule has 11 heteroatoms. The molecule has 1 rings (SSSR count). The van der Waals surface area contributed by atoms with Crippen LogP contribution in [0.3, 0.4) is 0 Å². The van der Waals surface area contributed by atoms with Crippen molar-refractivity contribution in [3.8, 4) is 0 Å². The van der Waals surface area contributed by atoms with E-state index in [-0.39, 0.29) is 0 Å². The first kappa shape index (κ1) is 23.9. The molecule has 29 heavy (non-hydrogen) atoms. The number of methoxy groups -OCH3 is 3. The molecule has 0 aliphatic rings. The second kappa shape index (κ2) is 9.89. The van der Waals surface area contributed by atoms with Crippen LogP contribution in [0.1, 0.15) is 22.8 Å². The van der Waals surface area contributed by atoms with E-state index in [4.69, 9.17) is 0 Å². The molecule has 0 saturated carbocycles. The van der Waals surface area contributed by atoms with E-state index in [1.54, 1.807) is 0 Å². The topological polar surface area (TPSA) is 108 Å². The first-order valence-corrected chi connectivity index (χ1v) is 8.20. The molecule has 1 N–H and O–H groups in total. The van der Waals surface area contributed by atoms with Gasteiger partial charge in [0.05, 0.1) is 32.5 Å². The number of benzene rings is 1. The molecule has 1 aromatic carbocycles. The molecule has 8 nitrogen and oxygen atoms in total. The number of rotatable bonds is 7. The summed E-state index contributed by atoms with van der Waals surface area (Å²) in [5, 5.41) is 2.11. The van der Waals surface area contributed by atoms with E-state index in [0.29, 0.717) is 6.07 Å². The first-order valence-electron chi connectivity index (χ1n) is 8.20. The van der Waals surface area contributed by atoms with Crippen molar-refractivity contribution in [2.75, 3.05) is 21.3 Å². The Balaban J connectivity index is 3.31. The molecule has 0 aliphatic carbocycles. The Kier molecular flexibility index (Phi) is 8.16. The highest BCUT2D eigenvalue weighted by atomic mass is 19.4. The first-order chi connectivity index (χ1) is 13.5. The van der Waals surface area contributed by atoms with Crippen molar-refractivity contribution in [2.45, 2.75) is 19.1 Å². The molecule has 0 radical (unpaired) electrons. The van der Waals surface area contributed by atoms with Gasteiger partial charge in [0.1, 0.15) is 6.04 Å². The lowest BCUT2D eigenvalue weighted by Gasteiger charge is -2.27. The van der Waals surface area contributed by atoms with Crippen LogP contribution in [0.2, 0.25) is 0 Å². The van der Waals surface area contributed by atoms with E-state index < -0.39 is 59.0 Å². The third kappa shape index (κ3) is 5.69. The highest BCUT2D eigenvalue weighted by Crippen LogP contribution is 2.32. The standard InChI is InChI=1S/C18H20F3NO7/c1-9(12(15(24)27-2)16(25)28-3)13(17(26)29-4)22-14(23)10-7-5-6-8-11(10)18(19,20)21/h5-9,12-13H,1-4H3,(H,22,23)/t9-,13-/m1/s1. The fourth-order valence-electron chi connectivity index (χ4n) is 2.65. The number of esters is 3. The number of hydrogen-bond acceptors (Lipinski definition) is 7. The third-order valence-electron chi connectivity index (χ3n) is 4.18. The Morgan fingerprint density at radius 3 is 1.83 bits per heavy atom. The van der Waals surface area contributed by atoms with Crippen molar-refractivity contribution in [1.82, 2.24) is 5.32 Å². The zero-order valence-corrected chi connectivity index (χ0v) is 16.0. The van der Waals surface area contributed by atoms with Crippen LogP contribution in [0.4, 0.5) is 13.2 Å². The number of hydrogen-bond donors (Lipinski definition) is 1. The van der Waals surface area contributed by atoms with Crippen molar-refractivity contribution in [2.24, 2.45) is 11.8 Å². The molecule has 0 aromatic heterocycles. The molecule has 0 bridgehead atoms. The van der Waals surface area contributed by atoms with Gasteiger partial charge in [-0.25, -0.2) is 4.79 Å². The zero-order valence-electron chi connectivity index (χ0n) is 16.0. The van der Waals surface area contributed by atoms with Crippen LogP contribution in [0.5, 0.6) is 0 Å². The maximum Gasteiger partial charge on any atom is 0.417 e. The molecule has 0 aliphatic heterocycles. The summed E-state index contributed by atoms with van der Waals surface area (Å²) in [5.74, 6) is -7.32. The van der Waals surface area contributed by atoms with Gasteiger partial charge in [-0.05, 0) is 12.1 Å². The monoisotopic (exact) mass is 419 g/mol. The van der Waals surface area contributed by atoms with Crippen LogP contribution in [-0.4, -0.2) is 51.2 Å². The Hall–Kier alpha value is -3.11. The Morgan fingerprint density at radius 1 is 0.897 bits per heavy atom. The number of carbonyl (C=O) groups excluding carboxylic acids is 4. The SMILES string of the molecule is COC(=O)C(C(=O)OC)[C@@H](C)[C@@H](NC(=O)c1ccccc1C(F)(F)F)C(=O)OC. The van der Waals surface area contributed by atoms with Crippen molar-refractivity contribution < 1.29 is 46.6 Å². The predicted octanol–water partition coefficient (Wildman–Crippen LogP) is 1.58. The molecule has 0 fully saturated rings. The van der Waals surface area contributed by atoms with Gasteiger partial charge < -0.3 is 19.5 Å². The lowest BCUT2D eigenvalue weighted by Crippen LogP contribution is -2.51. The van der Waals surface area contributed by atoms with E-state index >= 15 is 0 Å². The maximum absolute atomic E-state index is 13.2. The van der Waals surface area contributed by atoms with Crippen molar-refractivity contribution in [3.05, 3.63) is 35.4 Å². The lowest BCUT2D eigenvalue weighted by atomic mass is 9.87. The summed E-state index contributed by atoms with van der Waals surface area (Å²) in [4.78, 5) is 48.6. The van der Waals surface area contributed by atoms with Crippen LogP contribution in [0, 0.1) is 11.8 Å². The van der Waals surface area contributed by atoms with Crippen LogP contribution in [-0.2, 0) is 34.8 Å². The third-order valence-corrected chi connectivity index (χ3v) is 4.18. The van der Waals surface area contributed by atoms with Gasteiger partial charge in [-0.3, -0.25) is 14.4 Å². The molecule has 0 spiro atoms. The van der Waals surface area contributed by atoms with Gasteiger partial charge in [0, 0.05) is 5.92 Å². The summed E-state index contributed by atoms with van der Waals surface area (Å²) in [7, 11) is 2.97. The van der Waals surface area contributed by atoms with Crippen molar-refractivity contribution >= 4 is 23.8 Å². The summed E-state index contributed by atoms with van der Waals surface area (Å²) >= 11 is 0. The van der Waals surface area contributed by atoms with Crippen molar-refractivity contribution in [1.29, 1.82) is 0 Å². The molecule has 1 aromatic rings. The van der Waals surface area contributed by atoms with E-state index in [2.05, 4.69) is 19.5 Å². The number of nitrogens with one attached hydrogen (secondary N) is 1. The average Bonchev–Trinajstić information content (AvgIpc) is 2.70. The van der Waals surface area contributed by atoms with Gasteiger partial charge in [-0.1, -0.05) is 19.1 Å². The van der Waals surface area contributed by atoms with E-state index in [9.17, 15) is 32.3 Å². The molecule has 160 valence electrons. The summed E-state index contributed by atoms with van der Waals surface area (Å²) in [5.41, 5.74) is -1.96. The van der Waals surface area contributed by atoms with Gasteiger partial charge >= 0.3 is 24.1 Å². The Labute approximate surface area is 164 Å². The number of amides is 1. The second-order valence-electron chi connectivity index (χ2n) is 5.90. The predicted molar refractivity (Wildman–Crippen MR) is 91.4 cm³/mol. The number of carbonyl (C=O) groups is 4. The summed E-state index contributed by atoms with van der Waals surface area (Å²) < 4.78 is 53.1. The molecule has 0 unspecified atom stereocenters. The summed E-state index contributed by atoms with van der Waals surface area (Å²) in [6.07, 6.45) is -4.82. The fraction of sp³-hybridized carbons (Fsp3) is 0.444. The molecule has 0 heterocycles. The number of halogens is 3. The van der Waals surface area contributed by atoms with Gasteiger partial charge in [0.2, 0.25) is 0 Å². The van der Waals surface area contributed by atoms with Crippen molar-refractivity contribution in [3.63, 3.8) is 0 Å². The van der Waals surface area contributed by atoms with Gasteiger partial charge in [0.15, 0.2) is 5.92 Å². The molecule has 2 atom stereocenters. The lowest BCUT2D eigenvalue weighted by molar-refractivity contribution is -0.163. The number of alkyl halides is 3. The fourth-order valence-corrected chi connectivity index (χ4v) is 2.65. The quantitative estimate of drug-likeness (QED) is 0.406. The maximum atomic E-state index is 13.2. The molecular formula is C18H20F3NO7. The Morgan fingerprint density at radius 2 is 1.38 bits per heavy atom. The van der Waals surface area contributed by atoms with E-state index in [1.807, 2.05) is 0 Å². The largest absolute Gasteiger partial charge is 0.468 e. The Bertz CT molecular complexity index is 763. The van der Waals surface area contributed by atoms with E-state index in [1.165, 1.54) is 13.0 Å². The van der Waals surface area contributed by atoms with Gasteiger partial charge in [-0.2, -0.15) is 13.2 Å². The summed E-state index contributed by atoms with van der Waals surface area (Å²) in [6.45, 7) is 1.25. The minimum Gasteiger partial charge on any atom is -0.468 e. The molecular weight excluding hydrogens is 399 g/mol. The van der Waals surface area contributed by atoms with Crippen LogP contribution in [0.15, 0.2) is 24.3 Å². The summed E-state index contributed by atoms with van der Waals surface area (Å²) in [6, 6.07) is 2.31. The highest BCUT2D eigenvalue weighted by molar-refractivity contribution is 5.99. The zero-order chi connectivity index (χ0) is 22.4. The minimum absolute atomic E-state index is 0.706. The van der Waals surface area contributed by atoms with E-state index in [0.717, 1.165) is 33.5 Å². The molecule has 0 saturated heterocycles. The van der Waals surface area contributed by atoms with Crippen LogP contribution >= 0.6 is 0 Å². The second-order valence-corrected chi connectivity index (χ2v) is 5.90. The van der Waals surface area contributed by atoms with Crippen LogP contribution < -0.4 is 5.32 Å². The number of ether oxygens (including phenoxy) is 3. The highest BCUT2D eigenvalue weighted by Gasteiger charge is 2.43.